The van der Waals surface area contributed by atoms with Crippen molar-refractivity contribution in [3.05, 3.63) is 0 Å². The van der Waals surface area contributed by atoms with Crippen LogP contribution in [0.15, 0.2) is 0 Å². The molecular formula is C7H14O4S. The fourth-order valence-corrected chi connectivity index (χ4v) is 2.04. The van der Waals surface area contributed by atoms with Crippen LogP contribution in [0.25, 0.3) is 0 Å². The van der Waals surface area contributed by atoms with Crippen molar-refractivity contribution in [2.24, 2.45) is 0 Å². The van der Waals surface area contributed by atoms with Crippen LogP contribution in [0.5, 0.6) is 0 Å². The van der Waals surface area contributed by atoms with Crippen LogP contribution in [0.2, 0.25) is 0 Å². The van der Waals surface area contributed by atoms with E-state index in [0.29, 0.717) is 12.8 Å². The van der Waals surface area contributed by atoms with E-state index in [2.05, 4.69) is 4.18 Å². The molecule has 1 saturated carbocycles. The first-order valence-corrected chi connectivity index (χ1v) is 5.06. The standard InChI is InChI=1S/C7H14O4S/c1-7(8)5-3-2-4-6(7)11-12(9)10/h6,8H,2-5H2,1H3,(H,9,10)/t6-,7+/m1/s1. The monoisotopic (exact) mass is 194 g/mol. The van der Waals surface area contributed by atoms with Gasteiger partial charge in [0.2, 0.25) is 0 Å². The van der Waals surface area contributed by atoms with Gasteiger partial charge in [-0.1, -0.05) is 12.8 Å². The van der Waals surface area contributed by atoms with Crippen molar-refractivity contribution in [2.75, 3.05) is 0 Å². The largest absolute Gasteiger partial charge is 0.387 e. The van der Waals surface area contributed by atoms with Crippen molar-refractivity contribution in [2.45, 2.75) is 44.3 Å². The van der Waals surface area contributed by atoms with Gasteiger partial charge in [0.05, 0.1) is 5.60 Å². The second-order valence-corrected chi connectivity index (χ2v) is 4.03. The Morgan fingerprint density at radius 1 is 1.58 bits per heavy atom. The summed E-state index contributed by atoms with van der Waals surface area (Å²) in [6, 6.07) is 0. The fraction of sp³-hybridized carbons (Fsp3) is 1.00. The van der Waals surface area contributed by atoms with Gasteiger partial charge in [0.15, 0.2) is 0 Å². The average Bonchev–Trinajstić information content (AvgIpc) is 1.92. The summed E-state index contributed by atoms with van der Waals surface area (Å²) in [6.07, 6.45) is 2.67. The van der Waals surface area contributed by atoms with Gasteiger partial charge in [-0.25, -0.2) is 0 Å². The van der Waals surface area contributed by atoms with Crippen LogP contribution in [-0.4, -0.2) is 25.6 Å². The summed E-state index contributed by atoms with van der Waals surface area (Å²) in [5.41, 5.74) is -0.948. The molecule has 0 amide bonds. The molecule has 0 aromatic rings. The van der Waals surface area contributed by atoms with Gasteiger partial charge in [0.25, 0.3) is 0 Å². The topological polar surface area (TPSA) is 66.8 Å². The van der Waals surface area contributed by atoms with Crippen LogP contribution < -0.4 is 0 Å². The van der Waals surface area contributed by atoms with Gasteiger partial charge in [0, 0.05) is 0 Å². The molecule has 4 nitrogen and oxygen atoms in total. The number of aliphatic hydroxyl groups is 1. The molecule has 0 heterocycles. The predicted molar refractivity (Wildman–Crippen MR) is 44.7 cm³/mol. The molecule has 1 aliphatic rings. The van der Waals surface area contributed by atoms with Gasteiger partial charge in [-0.3, -0.25) is 8.74 Å². The van der Waals surface area contributed by atoms with Gasteiger partial charge >= 0.3 is 11.4 Å². The smallest absolute Gasteiger partial charge is 0.302 e. The predicted octanol–water partition coefficient (Wildman–Crippen LogP) is 0.833. The van der Waals surface area contributed by atoms with Gasteiger partial charge in [-0.15, -0.1) is 0 Å². The van der Waals surface area contributed by atoms with Crippen LogP contribution in [0.4, 0.5) is 0 Å². The van der Waals surface area contributed by atoms with Crippen molar-refractivity contribution < 1.29 is 18.1 Å². The van der Waals surface area contributed by atoms with Crippen molar-refractivity contribution in [3.63, 3.8) is 0 Å². The van der Waals surface area contributed by atoms with E-state index < -0.39 is 23.1 Å². The zero-order chi connectivity index (χ0) is 9.19. The summed E-state index contributed by atoms with van der Waals surface area (Å²) in [6.45, 7) is 1.64. The molecule has 3 atom stereocenters. The Kier molecular flexibility index (Phi) is 3.22. The van der Waals surface area contributed by atoms with Gasteiger partial charge < -0.3 is 5.11 Å². The molecule has 0 spiro atoms. The summed E-state index contributed by atoms with van der Waals surface area (Å²) in [5.74, 6) is 0. The Hall–Kier alpha value is 0.0300. The fourth-order valence-electron chi connectivity index (χ4n) is 1.54. The summed E-state index contributed by atoms with van der Waals surface area (Å²) < 4.78 is 23.5. The molecule has 0 radical (unpaired) electrons. The SMILES string of the molecule is C[C@]1(O)CCCC[C@H]1OS(=O)O. The molecule has 72 valence electrons. The molecule has 0 aromatic carbocycles. The van der Waals surface area contributed by atoms with Crippen LogP contribution in [0.1, 0.15) is 32.6 Å². The van der Waals surface area contributed by atoms with E-state index in [9.17, 15) is 9.32 Å². The van der Waals surface area contributed by atoms with Crippen LogP contribution in [0, 0.1) is 0 Å². The van der Waals surface area contributed by atoms with Crippen molar-refractivity contribution in [1.29, 1.82) is 0 Å². The van der Waals surface area contributed by atoms with Gasteiger partial charge in [-0.05, 0) is 19.8 Å². The van der Waals surface area contributed by atoms with Crippen molar-refractivity contribution in [1.82, 2.24) is 0 Å². The Bertz CT molecular complexity index is 180. The first-order chi connectivity index (χ1) is 5.52. The minimum Gasteiger partial charge on any atom is -0.387 e. The highest BCUT2D eigenvalue weighted by atomic mass is 32.2. The lowest BCUT2D eigenvalue weighted by molar-refractivity contribution is -0.0717. The second kappa shape index (κ2) is 3.83. The Morgan fingerprint density at radius 2 is 2.25 bits per heavy atom. The lowest BCUT2D eigenvalue weighted by atomic mass is 9.84. The summed E-state index contributed by atoms with van der Waals surface area (Å²) in [7, 11) is 0. The van der Waals surface area contributed by atoms with E-state index in [4.69, 9.17) is 4.55 Å². The average molecular weight is 194 g/mol. The summed E-state index contributed by atoms with van der Waals surface area (Å²) >= 11 is -2.27. The first kappa shape index (κ1) is 10.1. The maximum Gasteiger partial charge on any atom is 0.302 e. The molecule has 0 bridgehead atoms. The maximum absolute atomic E-state index is 10.3. The molecule has 1 rings (SSSR count). The Balaban J connectivity index is 2.54. The molecule has 0 aromatic heterocycles. The summed E-state index contributed by atoms with van der Waals surface area (Å²) in [4.78, 5) is 0. The van der Waals surface area contributed by atoms with Crippen LogP contribution in [0.3, 0.4) is 0 Å². The molecule has 2 N–H and O–H groups in total. The molecule has 5 heteroatoms. The first-order valence-electron chi connectivity index (χ1n) is 4.03. The van der Waals surface area contributed by atoms with E-state index in [0.717, 1.165) is 12.8 Å². The minimum absolute atomic E-state index is 0.503. The molecule has 0 saturated heterocycles. The normalized spacial score (nSPS) is 39.4. The minimum atomic E-state index is -2.27. The molecular weight excluding hydrogens is 180 g/mol. The van der Waals surface area contributed by atoms with Gasteiger partial charge in [-0.2, -0.15) is 4.21 Å². The second-order valence-electron chi connectivity index (χ2n) is 3.40. The van der Waals surface area contributed by atoms with Crippen LogP contribution >= 0.6 is 0 Å². The highest BCUT2D eigenvalue weighted by Gasteiger charge is 2.36. The molecule has 1 aliphatic carbocycles. The van der Waals surface area contributed by atoms with Crippen molar-refractivity contribution >= 4 is 11.4 Å². The van der Waals surface area contributed by atoms with Crippen LogP contribution in [-0.2, 0) is 15.5 Å². The van der Waals surface area contributed by atoms with Gasteiger partial charge in [0.1, 0.15) is 6.10 Å². The van der Waals surface area contributed by atoms with E-state index in [-0.39, 0.29) is 0 Å². The Labute approximate surface area is 74.4 Å². The Morgan fingerprint density at radius 3 is 2.75 bits per heavy atom. The van der Waals surface area contributed by atoms with E-state index in [1.165, 1.54) is 0 Å². The van der Waals surface area contributed by atoms with Crippen molar-refractivity contribution in [3.8, 4) is 0 Å². The lowest BCUT2D eigenvalue weighted by Crippen LogP contribution is -2.43. The number of rotatable bonds is 2. The highest BCUT2D eigenvalue weighted by molar-refractivity contribution is 7.74. The van der Waals surface area contributed by atoms with E-state index >= 15 is 0 Å². The lowest BCUT2D eigenvalue weighted by Gasteiger charge is -2.35. The molecule has 1 fully saturated rings. The van der Waals surface area contributed by atoms with E-state index in [1.807, 2.05) is 0 Å². The molecule has 12 heavy (non-hydrogen) atoms. The maximum atomic E-state index is 10.3. The molecule has 1 unspecified atom stereocenters. The van der Waals surface area contributed by atoms with E-state index in [1.54, 1.807) is 6.92 Å². The number of hydrogen-bond donors (Lipinski definition) is 2. The third-order valence-corrected chi connectivity index (χ3v) is 2.69. The third kappa shape index (κ3) is 2.52. The molecule has 0 aliphatic heterocycles. The zero-order valence-corrected chi connectivity index (χ0v) is 7.84. The number of hydrogen-bond acceptors (Lipinski definition) is 3. The quantitative estimate of drug-likeness (QED) is 0.639. The third-order valence-electron chi connectivity index (χ3n) is 2.29. The summed E-state index contributed by atoms with van der Waals surface area (Å²) in [5, 5.41) is 9.71. The highest BCUT2D eigenvalue weighted by Crippen LogP contribution is 2.30. The zero-order valence-electron chi connectivity index (χ0n) is 7.02.